The Kier molecular flexibility index (Phi) is 4.31. The molecule has 1 heterocycles. The van der Waals surface area contributed by atoms with Gasteiger partial charge in [0.1, 0.15) is 0 Å². The molecule has 1 saturated carbocycles. The molecule has 0 bridgehead atoms. The zero-order valence-corrected chi connectivity index (χ0v) is 12.1. The second-order valence-electron chi connectivity index (χ2n) is 5.88. The van der Waals surface area contributed by atoms with Gasteiger partial charge >= 0.3 is 0 Å². The molecule has 1 aliphatic heterocycles. The van der Waals surface area contributed by atoms with Crippen LogP contribution in [0.1, 0.15) is 46.0 Å². The van der Waals surface area contributed by atoms with Crippen molar-refractivity contribution in [2.24, 2.45) is 0 Å². The predicted molar refractivity (Wildman–Crippen MR) is 71.2 cm³/mol. The number of hydrogen-bond donors (Lipinski definition) is 0. The second kappa shape index (κ2) is 5.36. The van der Waals surface area contributed by atoms with E-state index in [1.807, 2.05) is 0 Å². The predicted octanol–water partition coefficient (Wildman–Crippen LogP) is 3.19. The first-order valence-corrected chi connectivity index (χ1v) is 7.71. The smallest absolute Gasteiger partial charge is 0.0806 e. The second-order valence-corrected chi connectivity index (χ2v) is 6.52. The number of hydrogen-bond acceptors (Lipinski definition) is 2. The van der Waals surface area contributed by atoms with E-state index in [1.54, 1.807) is 0 Å². The number of morpholine rings is 1. The fourth-order valence-corrected chi connectivity index (χ4v) is 3.48. The Labute approximate surface area is 108 Å². The molecule has 2 aliphatic rings. The van der Waals surface area contributed by atoms with Gasteiger partial charge in [-0.05, 0) is 26.7 Å². The molecule has 0 N–H and O–H groups in total. The van der Waals surface area contributed by atoms with Crippen LogP contribution in [-0.2, 0) is 4.74 Å². The lowest BCUT2D eigenvalue weighted by molar-refractivity contribution is -0.138. The molecule has 0 aromatic rings. The van der Waals surface area contributed by atoms with E-state index in [1.165, 1.54) is 32.1 Å². The Bertz CT molecular complexity index is 226. The number of alkyl halides is 1. The SMILES string of the molecule is CC1(C)CN(C2CCCCC2)CC(CBr)O1. The zero-order chi connectivity index (χ0) is 11.6. The molecule has 94 valence electrons. The van der Waals surface area contributed by atoms with Gasteiger partial charge in [0.25, 0.3) is 0 Å². The van der Waals surface area contributed by atoms with Crippen LogP contribution in [0.2, 0.25) is 0 Å². The quantitative estimate of drug-likeness (QED) is 0.724. The van der Waals surface area contributed by atoms with Crippen LogP contribution in [0.5, 0.6) is 0 Å². The molecule has 3 heteroatoms. The van der Waals surface area contributed by atoms with Gasteiger partial charge < -0.3 is 4.74 Å². The van der Waals surface area contributed by atoms with Crippen molar-refractivity contribution in [1.29, 1.82) is 0 Å². The van der Waals surface area contributed by atoms with Gasteiger partial charge in [0.05, 0.1) is 11.7 Å². The summed E-state index contributed by atoms with van der Waals surface area (Å²) >= 11 is 3.56. The third kappa shape index (κ3) is 3.21. The van der Waals surface area contributed by atoms with Crippen molar-refractivity contribution in [3.05, 3.63) is 0 Å². The molecule has 1 aliphatic carbocycles. The lowest BCUT2D eigenvalue weighted by atomic mass is 9.92. The Morgan fingerprint density at radius 1 is 1.25 bits per heavy atom. The molecule has 0 radical (unpaired) electrons. The maximum absolute atomic E-state index is 6.06. The first-order chi connectivity index (χ1) is 7.61. The van der Waals surface area contributed by atoms with E-state index in [0.29, 0.717) is 6.10 Å². The maximum Gasteiger partial charge on any atom is 0.0806 e. The van der Waals surface area contributed by atoms with Crippen LogP contribution >= 0.6 is 15.9 Å². The van der Waals surface area contributed by atoms with Crippen molar-refractivity contribution >= 4 is 15.9 Å². The van der Waals surface area contributed by atoms with Gasteiger partial charge in [0.15, 0.2) is 0 Å². The average Bonchev–Trinajstić information content (AvgIpc) is 2.28. The average molecular weight is 290 g/mol. The van der Waals surface area contributed by atoms with Crippen LogP contribution < -0.4 is 0 Å². The first kappa shape index (κ1) is 12.8. The first-order valence-electron chi connectivity index (χ1n) is 6.58. The topological polar surface area (TPSA) is 12.5 Å². The van der Waals surface area contributed by atoms with E-state index in [4.69, 9.17) is 4.74 Å². The Morgan fingerprint density at radius 3 is 2.56 bits per heavy atom. The molecule has 0 aromatic heterocycles. The molecule has 1 atom stereocenters. The van der Waals surface area contributed by atoms with Gasteiger partial charge in [-0.3, -0.25) is 4.90 Å². The van der Waals surface area contributed by atoms with Crippen LogP contribution in [0.4, 0.5) is 0 Å². The van der Waals surface area contributed by atoms with Crippen molar-refractivity contribution in [3.63, 3.8) is 0 Å². The molecule has 0 aromatic carbocycles. The van der Waals surface area contributed by atoms with Crippen molar-refractivity contribution in [2.45, 2.75) is 63.7 Å². The molecule has 1 saturated heterocycles. The van der Waals surface area contributed by atoms with Gasteiger partial charge in [-0.1, -0.05) is 35.2 Å². The summed E-state index contributed by atoms with van der Waals surface area (Å²) in [5.41, 5.74) is 0.0220. The summed E-state index contributed by atoms with van der Waals surface area (Å²) in [6.45, 7) is 6.65. The minimum atomic E-state index is 0.0220. The van der Waals surface area contributed by atoms with Crippen molar-refractivity contribution < 1.29 is 4.74 Å². The molecular formula is C13H24BrNO. The van der Waals surface area contributed by atoms with E-state index >= 15 is 0 Å². The van der Waals surface area contributed by atoms with E-state index in [0.717, 1.165) is 24.5 Å². The molecule has 0 amide bonds. The number of nitrogens with zero attached hydrogens (tertiary/aromatic N) is 1. The number of halogens is 1. The lowest BCUT2D eigenvalue weighted by Crippen LogP contribution is -2.56. The molecule has 0 spiro atoms. The summed E-state index contributed by atoms with van der Waals surface area (Å²) in [6.07, 6.45) is 7.43. The number of ether oxygens (including phenoxy) is 1. The molecule has 1 unspecified atom stereocenters. The summed E-state index contributed by atoms with van der Waals surface area (Å²) in [6, 6.07) is 0.818. The Hall–Kier alpha value is 0.400. The Balaban J connectivity index is 1.97. The van der Waals surface area contributed by atoms with Gasteiger partial charge in [-0.25, -0.2) is 0 Å². The summed E-state index contributed by atoms with van der Waals surface area (Å²) in [5, 5.41) is 0.958. The number of rotatable bonds is 2. The fourth-order valence-electron chi connectivity index (χ4n) is 3.15. The highest BCUT2D eigenvalue weighted by Crippen LogP contribution is 2.29. The molecule has 2 rings (SSSR count). The minimum Gasteiger partial charge on any atom is -0.369 e. The van der Waals surface area contributed by atoms with Crippen LogP contribution in [0, 0.1) is 0 Å². The lowest BCUT2D eigenvalue weighted by Gasteiger charge is -2.46. The van der Waals surface area contributed by atoms with Crippen molar-refractivity contribution in [3.8, 4) is 0 Å². The van der Waals surface area contributed by atoms with Crippen LogP contribution in [-0.4, -0.2) is 41.1 Å². The van der Waals surface area contributed by atoms with Gasteiger partial charge in [-0.15, -0.1) is 0 Å². The van der Waals surface area contributed by atoms with Crippen molar-refractivity contribution in [2.75, 3.05) is 18.4 Å². The highest BCUT2D eigenvalue weighted by atomic mass is 79.9. The summed E-state index contributed by atoms with van der Waals surface area (Å²) in [5.74, 6) is 0. The molecule has 2 nitrogen and oxygen atoms in total. The molecular weight excluding hydrogens is 266 g/mol. The summed E-state index contributed by atoms with van der Waals surface area (Å²) in [4.78, 5) is 2.68. The van der Waals surface area contributed by atoms with Gasteiger partial charge in [0.2, 0.25) is 0 Å². The van der Waals surface area contributed by atoms with Crippen molar-refractivity contribution in [1.82, 2.24) is 4.90 Å². The third-order valence-electron chi connectivity index (χ3n) is 3.77. The largest absolute Gasteiger partial charge is 0.369 e. The minimum absolute atomic E-state index is 0.0220. The summed E-state index contributed by atoms with van der Waals surface area (Å²) in [7, 11) is 0. The maximum atomic E-state index is 6.06. The Morgan fingerprint density at radius 2 is 1.94 bits per heavy atom. The highest BCUT2D eigenvalue weighted by Gasteiger charge is 2.36. The third-order valence-corrected chi connectivity index (χ3v) is 4.49. The fraction of sp³-hybridized carbons (Fsp3) is 1.00. The van der Waals surface area contributed by atoms with Crippen LogP contribution in [0.15, 0.2) is 0 Å². The van der Waals surface area contributed by atoms with E-state index in [2.05, 4.69) is 34.7 Å². The molecule has 16 heavy (non-hydrogen) atoms. The van der Waals surface area contributed by atoms with E-state index < -0.39 is 0 Å². The zero-order valence-electron chi connectivity index (χ0n) is 10.5. The van der Waals surface area contributed by atoms with Crippen LogP contribution in [0.25, 0.3) is 0 Å². The molecule has 2 fully saturated rings. The van der Waals surface area contributed by atoms with E-state index in [9.17, 15) is 0 Å². The highest BCUT2D eigenvalue weighted by molar-refractivity contribution is 9.09. The normalized spacial score (nSPS) is 32.8. The van der Waals surface area contributed by atoms with Gasteiger partial charge in [0, 0.05) is 24.5 Å². The van der Waals surface area contributed by atoms with Crippen LogP contribution in [0.3, 0.4) is 0 Å². The summed E-state index contributed by atoms with van der Waals surface area (Å²) < 4.78 is 6.06. The van der Waals surface area contributed by atoms with E-state index in [-0.39, 0.29) is 5.60 Å². The monoisotopic (exact) mass is 289 g/mol. The standard InChI is InChI=1S/C13H24BrNO/c1-13(2)10-15(9-12(8-14)16-13)11-6-4-3-5-7-11/h11-12H,3-10H2,1-2H3. The van der Waals surface area contributed by atoms with Gasteiger partial charge in [-0.2, -0.15) is 0 Å².